The highest BCUT2D eigenvalue weighted by Crippen LogP contribution is 2.22. The van der Waals surface area contributed by atoms with E-state index in [1.807, 2.05) is 18.2 Å². The molecule has 0 bridgehead atoms. The van der Waals surface area contributed by atoms with E-state index in [9.17, 15) is 0 Å². The van der Waals surface area contributed by atoms with Gasteiger partial charge in [-0.2, -0.15) is 0 Å². The molecule has 0 saturated heterocycles. The lowest BCUT2D eigenvalue weighted by atomic mass is 10.1. The SMILES string of the molecule is ClCCCNCCc1ccc(Cl)c(Cl)c1. The Morgan fingerprint density at radius 3 is 2.53 bits per heavy atom. The van der Waals surface area contributed by atoms with Crippen LogP contribution in [-0.2, 0) is 6.42 Å². The van der Waals surface area contributed by atoms with Crippen molar-refractivity contribution in [3.05, 3.63) is 33.8 Å². The van der Waals surface area contributed by atoms with Gasteiger partial charge >= 0.3 is 0 Å². The van der Waals surface area contributed by atoms with Gasteiger partial charge in [0.05, 0.1) is 10.0 Å². The maximum Gasteiger partial charge on any atom is 0.0595 e. The summed E-state index contributed by atoms with van der Waals surface area (Å²) in [5.74, 6) is 0.708. The van der Waals surface area contributed by atoms with Crippen molar-refractivity contribution in [3.8, 4) is 0 Å². The van der Waals surface area contributed by atoms with E-state index < -0.39 is 0 Å². The zero-order chi connectivity index (χ0) is 11.1. The fourth-order valence-corrected chi connectivity index (χ4v) is 1.70. The summed E-state index contributed by atoms with van der Waals surface area (Å²) in [5, 5.41) is 4.54. The Bertz CT molecular complexity index is 302. The van der Waals surface area contributed by atoms with Gasteiger partial charge in [0.2, 0.25) is 0 Å². The second-order valence-electron chi connectivity index (χ2n) is 3.29. The molecule has 4 heteroatoms. The van der Waals surface area contributed by atoms with E-state index in [2.05, 4.69) is 5.32 Å². The van der Waals surface area contributed by atoms with Crippen molar-refractivity contribution in [2.45, 2.75) is 12.8 Å². The first-order valence-electron chi connectivity index (χ1n) is 4.94. The number of rotatable bonds is 6. The van der Waals surface area contributed by atoms with E-state index in [0.717, 1.165) is 25.9 Å². The van der Waals surface area contributed by atoms with Gasteiger partial charge in [0.15, 0.2) is 0 Å². The van der Waals surface area contributed by atoms with Crippen LogP contribution in [0.4, 0.5) is 0 Å². The zero-order valence-corrected chi connectivity index (χ0v) is 10.7. The molecule has 0 aliphatic carbocycles. The van der Waals surface area contributed by atoms with Crippen LogP contribution < -0.4 is 5.32 Å². The summed E-state index contributed by atoms with van der Waals surface area (Å²) >= 11 is 17.3. The molecule has 0 unspecified atom stereocenters. The van der Waals surface area contributed by atoms with E-state index >= 15 is 0 Å². The fraction of sp³-hybridized carbons (Fsp3) is 0.455. The molecule has 0 aromatic heterocycles. The van der Waals surface area contributed by atoms with Crippen molar-refractivity contribution >= 4 is 34.8 Å². The van der Waals surface area contributed by atoms with Gasteiger partial charge < -0.3 is 5.32 Å². The summed E-state index contributed by atoms with van der Waals surface area (Å²) in [6, 6.07) is 5.74. The molecule has 0 fully saturated rings. The minimum absolute atomic E-state index is 0.607. The van der Waals surface area contributed by atoms with Crippen LogP contribution in [0.5, 0.6) is 0 Å². The minimum Gasteiger partial charge on any atom is -0.316 e. The highest BCUT2D eigenvalue weighted by atomic mass is 35.5. The number of alkyl halides is 1. The zero-order valence-electron chi connectivity index (χ0n) is 8.40. The summed E-state index contributed by atoms with van der Waals surface area (Å²) in [5.41, 5.74) is 1.20. The van der Waals surface area contributed by atoms with E-state index in [1.165, 1.54) is 5.56 Å². The summed E-state index contributed by atoms with van der Waals surface area (Å²) in [6.07, 6.45) is 1.96. The number of halogens is 3. The summed E-state index contributed by atoms with van der Waals surface area (Å²) in [6.45, 7) is 1.90. The molecule has 1 nitrogen and oxygen atoms in total. The Kier molecular flexibility index (Phi) is 6.42. The smallest absolute Gasteiger partial charge is 0.0595 e. The molecule has 1 rings (SSSR count). The number of nitrogens with one attached hydrogen (secondary N) is 1. The van der Waals surface area contributed by atoms with Gasteiger partial charge in [-0.3, -0.25) is 0 Å². The predicted molar refractivity (Wildman–Crippen MR) is 68.4 cm³/mol. The van der Waals surface area contributed by atoms with Gasteiger partial charge in [0.25, 0.3) is 0 Å². The monoisotopic (exact) mass is 265 g/mol. The van der Waals surface area contributed by atoms with Crippen LogP contribution in [0.1, 0.15) is 12.0 Å². The van der Waals surface area contributed by atoms with Crippen molar-refractivity contribution in [1.82, 2.24) is 5.32 Å². The molecule has 0 heterocycles. The third kappa shape index (κ3) is 5.07. The first-order valence-corrected chi connectivity index (χ1v) is 6.23. The van der Waals surface area contributed by atoms with E-state index in [4.69, 9.17) is 34.8 Å². The third-order valence-corrected chi connectivity index (χ3v) is 3.07. The van der Waals surface area contributed by atoms with E-state index in [-0.39, 0.29) is 0 Å². The number of benzene rings is 1. The maximum absolute atomic E-state index is 5.91. The largest absolute Gasteiger partial charge is 0.316 e. The molecule has 0 radical (unpaired) electrons. The lowest BCUT2D eigenvalue weighted by Gasteiger charge is -2.04. The van der Waals surface area contributed by atoms with Gasteiger partial charge in [-0.05, 0) is 43.6 Å². The van der Waals surface area contributed by atoms with Crippen LogP contribution in [0.3, 0.4) is 0 Å². The Balaban J connectivity index is 2.28. The molecule has 1 aromatic carbocycles. The summed E-state index contributed by atoms with van der Waals surface area (Å²) < 4.78 is 0. The molecule has 15 heavy (non-hydrogen) atoms. The lowest BCUT2D eigenvalue weighted by molar-refractivity contribution is 0.673. The standard InChI is InChI=1S/C11H14Cl3N/c12-5-1-6-15-7-4-9-2-3-10(13)11(14)8-9/h2-3,8,15H,1,4-7H2. The van der Waals surface area contributed by atoms with Crippen LogP contribution in [0.15, 0.2) is 18.2 Å². The molecule has 0 aliphatic heterocycles. The Hall–Kier alpha value is 0.0500. The summed E-state index contributed by atoms with van der Waals surface area (Å²) in [4.78, 5) is 0. The first-order chi connectivity index (χ1) is 7.24. The molecule has 84 valence electrons. The molecule has 0 atom stereocenters. The van der Waals surface area contributed by atoms with Crippen LogP contribution >= 0.6 is 34.8 Å². The molecular weight excluding hydrogens is 252 g/mol. The second kappa shape index (κ2) is 7.34. The van der Waals surface area contributed by atoms with E-state index in [0.29, 0.717) is 15.9 Å². The van der Waals surface area contributed by atoms with Crippen molar-refractivity contribution in [2.75, 3.05) is 19.0 Å². The fourth-order valence-electron chi connectivity index (χ4n) is 1.24. The van der Waals surface area contributed by atoms with Crippen molar-refractivity contribution in [2.24, 2.45) is 0 Å². The predicted octanol–water partition coefficient (Wildman–Crippen LogP) is 3.75. The first kappa shape index (κ1) is 13.1. The molecule has 0 spiro atoms. The maximum atomic E-state index is 5.91. The molecule has 1 aromatic rings. The van der Waals surface area contributed by atoms with Crippen LogP contribution in [0.2, 0.25) is 10.0 Å². The molecule has 1 N–H and O–H groups in total. The van der Waals surface area contributed by atoms with Crippen LogP contribution in [0.25, 0.3) is 0 Å². The van der Waals surface area contributed by atoms with Crippen LogP contribution in [-0.4, -0.2) is 19.0 Å². The molecule has 0 saturated carbocycles. The van der Waals surface area contributed by atoms with Crippen molar-refractivity contribution in [3.63, 3.8) is 0 Å². The average Bonchev–Trinajstić information content (AvgIpc) is 2.23. The van der Waals surface area contributed by atoms with Gasteiger partial charge in [0, 0.05) is 5.88 Å². The second-order valence-corrected chi connectivity index (χ2v) is 4.48. The van der Waals surface area contributed by atoms with Gasteiger partial charge in [-0.25, -0.2) is 0 Å². The van der Waals surface area contributed by atoms with Gasteiger partial charge in [-0.1, -0.05) is 29.3 Å². The topological polar surface area (TPSA) is 12.0 Å². The highest BCUT2D eigenvalue weighted by molar-refractivity contribution is 6.42. The normalized spacial score (nSPS) is 10.6. The van der Waals surface area contributed by atoms with Gasteiger partial charge in [0.1, 0.15) is 0 Å². The Morgan fingerprint density at radius 2 is 1.87 bits per heavy atom. The van der Waals surface area contributed by atoms with E-state index in [1.54, 1.807) is 0 Å². The summed E-state index contributed by atoms with van der Waals surface area (Å²) in [7, 11) is 0. The molecule has 0 amide bonds. The van der Waals surface area contributed by atoms with Gasteiger partial charge in [-0.15, -0.1) is 11.6 Å². The Labute approximate surface area is 106 Å². The van der Waals surface area contributed by atoms with Crippen LogP contribution in [0, 0.1) is 0 Å². The van der Waals surface area contributed by atoms with Crippen molar-refractivity contribution in [1.29, 1.82) is 0 Å². The lowest BCUT2D eigenvalue weighted by Crippen LogP contribution is -2.18. The minimum atomic E-state index is 0.607. The molecular formula is C11H14Cl3N. The average molecular weight is 267 g/mol. The van der Waals surface area contributed by atoms with Crippen molar-refractivity contribution < 1.29 is 0 Å². The quantitative estimate of drug-likeness (QED) is 0.611. The highest BCUT2D eigenvalue weighted by Gasteiger charge is 1.98. The number of hydrogen-bond acceptors (Lipinski definition) is 1. The number of hydrogen-bond donors (Lipinski definition) is 1. The Morgan fingerprint density at radius 1 is 1.07 bits per heavy atom. The molecule has 0 aliphatic rings. The third-order valence-electron chi connectivity index (χ3n) is 2.06.